The van der Waals surface area contributed by atoms with Crippen LogP contribution in [0.25, 0.3) is 0 Å². The molecule has 2 heterocycles. The maximum absolute atomic E-state index is 9.78. The first-order valence-corrected chi connectivity index (χ1v) is 7.07. The number of rotatable bonds is 4. The van der Waals surface area contributed by atoms with Gasteiger partial charge in [-0.3, -0.25) is 0 Å². The van der Waals surface area contributed by atoms with Gasteiger partial charge in [-0.1, -0.05) is 0 Å². The topological polar surface area (TPSA) is 190 Å². The molecule has 2 saturated heterocycles. The number of ether oxygens (including phenoxy) is 3. The molecule has 0 aliphatic carbocycles. The van der Waals surface area contributed by atoms with E-state index in [1.807, 2.05) is 0 Å². The van der Waals surface area contributed by atoms with Crippen molar-refractivity contribution in [2.24, 2.45) is 0 Å². The lowest BCUT2D eigenvalue weighted by molar-refractivity contribution is -0.325. The Morgan fingerprint density at radius 2 is 1.22 bits per heavy atom. The molecule has 2 aliphatic heterocycles. The van der Waals surface area contributed by atoms with Crippen LogP contribution in [-0.2, 0) is 14.2 Å². The van der Waals surface area contributed by atoms with E-state index in [0.29, 0.717) is 0 Å². The second-order valence-corrected chi connectivity index (χ2v) is 5.57. The molecule has 2 fully saturated rings. The zero-order valence-electron chi connectivity index (χ0n) is 12.0. The molecule has 136 valence electrons. The summed E-state index contributed by atoms with van der Waals surface area (Å²) in [6.45, 7) is -1.10. The monoisotopic (exact) mass is 342 g/mol. The molecule has 8 N–H and O–H groups in total. The van der Waals surface area contributed by atoms with E-state index in [1.165, 1.54) is 0 Å². The van der Waals surface area contributed by atoms with Gasteiger partial charge in [-0.05, 0) is 0 Å². The summed E-state index contributed by atoms with van der Waals surface area (Å²) in [5, 5.41) is 76.1. The highest BCUT2D eigenvalue weighted by atomic mass is 16.7. The molecule has 23 heavy (non-hydrogen) atoms. The quantitative estimate of drug-likeness (QED) is 0.243. The molecule has 0 amide bonds. The van der Waals surface area contributed by atoms with Crippen LogP contribution in [-0.4, -0.2) is 115 Å². The van der Waals surface area contributed by atoms with Crippen molar-refractivity contribution < 1.29 is 55.1 Å². The smallest absolute Gasteiger partial charge is 0.186 e. The fourth-order valence-electron chi connectivity index (χ4n) is 2.46. The van der Waals surface area contributed by atoms with Crippen molar-refractivity contribution in [3.63, 3.8) is 0 Å². The lowest BCUT2D eigenvalue weighted by atomic mass is 9.98. The summed E-state index contributed by atoms with van der Waals surface area (Å²) in [5.41, 5.74) is 0. The van der Waals surface area contributed by atoms with Crippen LogP contribution in [0, 0.1) is 0 Å². The minimum absolute atomic E-state index is 0.468. The Hall–Kier alpha value is -0.440. The van der Waals surface area contributed by atoms with Gasteiger partial charge in [0.2, 0.25) is 0 Å². The van der Waals surface area contributed by atoms with Gasteiger partial charge < -0.3 is 55.1 Å². The van der Waals surface area contributed by atoms with Crippen molar-refractivity contribution >= 4 is 0 Å². The Morgan fingerprint density at radius 3 is 1.83 bits per heavy atom. The van der Waals surface area contributed by atoms with Crippen molar-refractivity contribution in [3.05, 3.63) is 0 Å². The highest BCUT2D eigenvalue weighted by molar-refractivity contribution is 4.91. The second kappa shape index (κ2) is 7.63. The maximum Gasteiger partial charge on any atom is 0.186 e. The first kappa shape index (κ1) is 18.9. The van der Waals surface area contributed by atoms with Crippen molar-refractivity contribution in [1.82, 2.24) is 0 Å². The van der Waals surface area contributed by atoms with E-state index < -0.39 is 74.6 Å². The maximum atomic E-state index is 9.78. The Morgan fingerprint density at radius 1 is 0.652 bits per heavy atom. The van der Waals surface area contributed by atoms with Gasteiger partial charge in [-0.2, -0.15) is 0 Å². The Kier molecular flexibility index (Phi) is 6.27. The largest absolute Gasteiger partial charge is 0.394 e. The first-order valence-electron chi connectivity index (χ1n) is 7.07. The van der Waals surface area contributed by atoms with Crippen LogP contribution in [0.15, 0.2) is 0 Å². The highest BCUT2D eigenvalue weighted by Gasteiger charge is 2.46. The summed E-state index contributed by atoms with van der Waals surface area (Å²) < 4.78 is 15.1. The summed E-state index contributed by atoms with van der Waals surface area (Å²) in [5.74, 6) is 0. The minimum Gasteiger partial charge on any atom is -0.394 e. The Balaban J connectivity index is 1.94. The minimum atomic E-state index is -1.74. The van der Waals surface area contributed by atoms with Gasteiger partial charge in [0, 0.05) is 0 Å². The average Bonchev–Trinajstić information content (AvgIpc) is 2.54. The SMILES string of the molecule is OC[C@@H]1O[C@H](OC[C@H]2O[C@@H](O)[C@H](O)[C@H](O)[C@@H]2O)[C@H](O)[C@H](O)[C@H]1O. The molecule has 0 aromatic heterocycles. The number of hydrogen-bond acceptors (Lipinski definition) is 11. The first-order chi connectivity index (χ1) is 10.8. The van der Waals surface area contributed by atoms with Crippen LogP contribution in [0.4, 0.5) is 0 Å². The average molecular weight is 342 g/mol. The zero-order valence-corrected chi connectivity index (χ0v) is 12.0. The fourth-order valence-corrected chi connectivity index (χ4v) is 2.46. The third-order valence-corrected chi connectivity index (χ3v) is 3.96. The van der Waals surface area contributed by atoms with E-state index in [9.17, 15) is 35.7 Å². The van der Waals surface area contributed by atoms with Gasteiger partial charge in [-0.25, -0.2) is 0 Å². The summed E-state index contributed by atoms with van der Waals surface area (Å²) in [6, 6.07) is 0. The Labute approximate surface area is 130 Å². The second-order valence-electron chi connectivity index (χ2n) is 5.57. The summed E-state index contributed by atoms with van der Waals surface area (Å²) in [6.07, 6.45) is -15.3. The zero-order chi connectivity index (χ0) is 17.3. The third-order valence-electron chi connectivity index (χ3n) is 3.96. The van der Waals surface area contributed by atoms with E-state index in [0.717, 1.165) is 0 Å². The summed E-state index contributed by atoms with van der Waals surface area (Å²) in [7, 11) is 0. The van der Waals surface area contributed by atoms with Crippen LogP contribution in [0.1, 0.15) is 0 Å². The molecule has 10 atom stereocenters. The van der Waals surface area contributed by atoms with Crippen LogP contribution in [0.2, 0.25) is 0 Å². The third kappa shape index (κ3) is 3.81. The van der Waals surface area contributed by atoms with Crippen LogP contribution >= 0.6 is 0 Å². The predicted octanol–water partition coefficient (Wildman–Crippen LogP) is -5.40. The Bertz CT molecular complexity index is 380. The summed E-state index contributed by atoms with van der Waals surface area (Å²) >= 11 is 0. The van der Waals surface area contributed by atoms with Crippen molar-refractivity contribution in [2.45, 2.75) is 61.4 Å². The molecule has 0 bridgehead atoms. The van der Waals surface area contributed by atoms with E-state index in [2.05, 4.69) is 0 Å². The van der Waals surface area contributed by atoms with Gasteiger partial charge in [0.15, 0.2) is 12.6 Å². The van der Waals surface area contributed by atoms with Crippen LogP contribution in [0.3, 0.4) is 0 Å². The predicted molar refractivity (Wildman–Crippen MR) is 68.6 cm³/mol. The molecular formula is C12H22O11. The molecule has 0 spiro atoms. The fraction of sp³-hybridized carbons (Fsp3) is 1.00. The molecule has 11 nitrogen and oxygen atoms in total. The number of hydrogen-bond donors (Lipinski definition) is 8. The molecule has 0 saturated carbocycles. The molecule has 0 radical (unpaired) electrons. The summed E-state index contributed by atoms with van der Waals surface area (Å²) in [4.78, 5) is 0. The molecule has 2 aliphatic rings. The lowest BCUT2D eigenvalue weighted by Gasteiger charge is -2.41. The van der Waals surface area contributed by atoms with Crippen molar-refractivity contribution in [1.29, 1.82) is 0 Å². The van der Waals surface area contributed by atoms with Crippen LogP contribution in [0.5, 0.6) is 0 Å². The standard InChI is InChI=1S/C12H22O11/c13-1-3-5(14)8(17)10(19)12(23-3)21-2-4-6(15)7(16)9(18)11(20)22-4/h3-20H,1-2H2/t3-,4+,5-,6+,7+,8+,9+,10+,11+,12-/m0/s1. The van der Waals surface area contributed by atoms with Gasteiger partial charge in [0.1, 0.15) is 48.8 Å². The van der Waals surface area contributed by atoms with Crippen LogP contribution < -0.4 is 0 Å². The lowest BCUT2D eigenvalue weighted by Crippen LogP contribution is -2.61. The van der Waals surface area contributed by atoms with Crippen molar-refractivity contribution in [2.75, 3.05) is 13.2 Å². The molecular weight excluding hydrogens is 320 g/mol. The van der Waals surface area contributed by atoms with E-state index in [-0.39, 0.29) is 0 Å². The van der Waals surface area contributed by atoms with Gasteiger partial charge in [0.05, 0.1) is 13.2 Å². The van der Waals surface area contributed by atoms with Gasteiger partial charge >= 0.3 is 0 Å². The van der Waals surface area contributed by atoms with Crippen molar-refractivity contribution in [3.8, 4) is 0 Å². The molecule has 0 unspecified atom stereocenters. The molecule has 11 heteroatoms. The number of aliphatic hydroxyl groups excluding tert-OH is 8. The normalized spacial score (nSPS) is 51.7. The molecule has 0 aromatic rings. The number of aliphatic hydroxyl groups is 8. The van der Waals surface area contributed by atoms with Gasteiger partial charge in [-0.15, -0.1) is 0 Å². The van der Waals surface area contributed by atoms with E-state index in [4.69, 9.17) is 19.3 Å². The van der Waals surface area contributed by atoms with E-state index in [1.54, 1.807) is 0 Å². The van der Waals surface area contributed by atoms with Gasteiger partial charge in [0.25, 0.3) is 0 Å². The van der Waals surface area contributed by atoms with E-state index >= 15 is 0 Å². The highest BCUT2D eigenvalue weighted by Crippen LogP contribution is 2.24. The molecule has 0 aromatic carbocycles. The molecule has 2 rings (SSSR count).